The monoisotopic (exact) mass is 497 g/mol. The first-order chi connectivity index (χ1) is 18.0. The number of nitrogens with zero attached hydrogens (tertiary/aromatic N) is 2. The molecule has 0 saturated heterocycles. The van der Waals surface area contributed by atoms with Crippen LogP contribution in [0.5, 0.6) is 17.2 Å². The molecule has 0 bridgehead atoms. The number of hydrogen-bond acceptors (Lipinski definition) is 7. The zero-order chi connectivity index (χ0) is 25.7. The Hall–Kier alpha value is -4.79. The van der Waals surface area contributed by atoms with Crippen LogP contribution in [0.1, 0.15) is 12.7 Å². The summed E-state index contributed by atoms with van der Waals surface area (Å²) in [6.45, 7) is 1.96. The molecule has 1 N–H and O–H groups in total. The lowest BCUT2D eigenvalue weighted by molar-refractivity contribution is -0.127. The van der Waals surface area contributed by atoms with Gasteiger partial charge in [0.25, 0.3) is 11.5 Å². The molecule has 4 heterocycles. The summed E-state index contributed by atoms with van der Waals surface area (Å²) in [6.07, 6.45) is 2.54. The summed E-state index contributed by atoms with van der Waals surface area (Å²) in [5.74, 6) is 1.73. The number of aromatic nitrogens is 2. The van der Waals surface area contributed by atoms with E-state index in [0.717, 1.165) is 10.8 Å². The summed E-state index contributed by atoms with van der Waals surface area (Å²) in [7, 11) is 3.05. The van der Waals surface area contributed by atoms with E-state index in [-0.39, 0.29) is 18.0 Å². The van der Waals surface area contributed by atoms with E-state index in [1.807, 2.05) is 24.3 Å². The fraction of sp³-hybridized carbons (Fsp3) is 0.179. The standard InChI is InChI=1S/C28H23N3O6/c1-15(27(32)30-14-17-5-4-12-36-17)37-16-6-8-21-20(13-16)18-10-11-29-24-19-7-9-22(34-2)26(35-3)23(19)28(33)31(21)25(18)24/h4-13,15H,14H2,1-3H3,(H,30,32)/t15-/m0/s1. The molecule has 9 heteroatoms. The maximum Gasteiger partial charge on any atom is 0.267 e. The van der Waals surface area contributed by atoms with E-state index in [1.54, 1.807) is 48.0 Å². The minimum atomic E-state index is -0.740. The molecule has 6 aromatic rings. The topological polar surface area (TPSA) is 104 Å². The third-order valence-electron chi connectivity index (χ3n) is 6.56. The summed E-state index contributed by atoms with van der Waals surface area (Å²) >= 11 is 0. The molecule has 0 aliphatic rings. The van der Waals surface area contributed by atoms with Crippen molar-refractivity contribution >= 4 is 44.0 Å². The maximum atomic E-state index is 13.8. The smallest absolute Gasteiger partial charge is 0.267 e. The van der Waals surface area contributed by atoms with Crippen molar-refractivity contribution in [1.29, 1.82) is 0 Å². The molecule has 4 aromatic heterocycles. The van der Waals surface area contributed by atoms with Gasteiger partial charge in [0.1, 0.15) is 11.5 Å². The molecule has 2 aromatic carbocycles. The average molecular weight is 498 g/mol. The fourth-order valence-corrected chi connectivity index (χ4v) is 4.86. The van der Waals surface area contributed by atoms with Crippen molar-refractivity contribution in [3.63, 3.8) is 0 Å². The minimum Gasteiger partial charge on any atom is -0.493 e. The van der Waals surface area contributed by atoms with Crippen LogP contribution in [0, 0.1) is 0 Å². The lowest BCUT2D eigenvalue weighted by Crippen LogP contribution is -2.35. The maximum absolute atomic E-state index is 13.8. The molecule has 0 aliphatic carbocycles. The van der Waals surface area contributed by atoms with Gasteiger partial charge < -0.3 is 23.9 Å². The van der Waals surface area contributed by atoms with Gasteiger partial charge in [-0.1, -0.05) is 0 Å². The molecular formula is C28H23N3O6. The Labute approximate surface area is 210 Å². The molecule has 0 spiro atoms. The van der Waals surface area contributed by atoms with Crippen LogP contribution in [0.2, 0.25) is 0 Å². The van der Waals surface area contributed by atoms with Crippen LogP contribution in [-0.2, 0) is 11.3 Å². The fourth-order valence-electron chi connectivity index (χ4n) is 4.86. The quantitative estimate of drug-likeness (QED) is 0.328. The minimum absolute atomic E-state index is 0.231. The molecule has 6 rings (SSSR count). The number of carbonyl (C=O) groups is 1. The normalized spacial score (nSPS) is 12.4. The number of carbonyl (C=O) groups excluding carboxylic acids is 1. The average Bonchev–Trinajstić information content (AvgIpc) is 3.56. The number of rotatable bonds is 7. The predicted molar refractivity (Wildman–Crippen MR) is 139 cm³/mol. The van der Waals surface area contributed by atoms with E-state index < -0.39 is 6.10 Å². The van der Waals surface area contributed by atoms with Gasteiger partial charge >= 0.3 is 0 Å². The second-order valence-electron chi connectivity index (χ2n) is 8.66. The number of hydrogen-bond donors (Lipinski definition) is 1. The SMILES string of the molecule is COc1ccc2c(c1OC)c(=O)n1c3ccc(O[C@@H](C)C(=O)NCc4ccco4)cc3c3ccnc2c31. The molecule has 37 heavy (non-hydrogen) atoms. The van der Waals surface area contributed by atoms with E-state index in [1.165, 1.54) is 14.2 Å². The Morgan fingerprint density at radius 2 is 1.95 bits per heavy atom. The second-order valence-corrected chi connectivity index (χ2v) is 8.66. The van der Waals surface area contributed by atoms with Gasteiger partial charge in [0.05, 0.1) is 49.0 Å². The number of pyridine rings is 2. The van der Waals surface area contributed by atoms with Crippen LogP contribution in [0.3, 0.4) is 0 Å². The Morgan fingerprint density at radius 3 is 2.70 bits per heavy atom. The van der Waals surface area contributed by atoms with E-state index in [0.29, 0.717) is 50.3 Å². The summed E-state index contributed by atoms with van der Waals surface area (Å²) in [5.41, 5.74) is 1.86. The van der Waals surface area contributed by atoms with Crippen molar-refractivity contribution in [3.05, 3.63) is 77.1 Å². The van der Waals surface area contributed by atoms with E-state index in [2.05, 4.69) is 10.3 Å². The van der Waals surface area contributed by atoms with Crippen LogP contribution < -0.4 is 25.1 Å². The highest BCUT2D eigenvalue weighted by molar-refractivity contribution is 6.19. The van der Waals surface area contributed by atoms with Gasteiger partial charge in [-0.15, -0.1) is 0 Å². The highest BCUT2D eigenvalue weighted by atomic mass is 16.5. The van der Waals surface area contributed by atoms with Crippen LogP contribution in [-0.4, -0.2) is 35.6 Å². The van der Waals surface area contributed by atoms with Crippen molar-refractivity contribution in [3.8, 4) is 17.2 Å². The molecule has 186 valence electrons. The number of ether oxygens (including phenoxy) is 3. The molecule has 0 fully saturated rings. The number of amides is 1. The molecule has 0 unspecified atom stereocenters. The zero-order valence-electron chi connectivity index (χ0n) is 20.4. The molecule has 0 radical (unpaired) electrons. The first kappa shape index (κ1) is 22.7. The van der Waals surface area contributed by atoms with Gasteiger partial charge in [-0.3, -0.25) is 19.0 Å². The number of furan rings is 1. The Bertz CT molecular complexity index is 1840. The van der Waals surface area contributed by atoms with Gasteiger partial charge in [0, 0.05) is 22.4 Å². The van der Waals surface area contributed by atoms with E-state index in [9.17, 15) is 9.59 Å². The number of benzene rings is 2. The van der Waals surface area contributed by atoms with Gasteiger partial charge in [-0.25, -0.2) is 0 Å². The molecule has 1 amide bonds. The summed E-state index contributed by atoms with van der Waals surface area (Å²) in [6, 6.07) is 14.4. The van der Waals surface area contributed by atoms with Crippen LogP contribution in [0.15, 0.2) is 70.2 Å². The summed E-state index contributed by atoms with van der Waals surface area (Å²) < 4.78 is 23.9. The number of fused-ring (bicyclic) bond motifs is 5. The first-order valence-corrected chi connectivity index (χ1v) is 11.7. The summed E-state index contributed by atoms with van der Waals surface area (Å²) in [5, 5.41) is 5.55. The van der Waals surface area contributed by atoms with Crippen LogP contribution in [0.25, 0.3) is 38.1 Å². The molecule has 9 nitrogen and oxygen atoms in total. The lowest BCUT2D eigenvalue weighted by Gasteiger charge is -2.14. The largest absolute Gasteiger partial charge is 0.493 e. The molecule has 1 atom stereocenters. The lowest BCUT2D eigenvalue weighted by atomic mass is 10.1. The number of nitrogens with one attached hydrogen (secondary N) is 1. The van der Waals surface area contributed by atoms with Crippen LogP contribution in [0.4, 0.5) is 0 Å². The number of methoxy groups -OCH3 is 2. The second kappa shape index (κ2) is 8.70. The zero-order valence-corrected chi connectivity index (χ0v) is 20.4. The highest BCUT2D eigenvalue weighted by Crippen LogP contribution is 2.39. The van der Waals surface area contributed by atoms with Crippen molar-refractivity contribution < 1.29 is 23.4 Å². The third-order valence-corrected chi connectivity index (χ3v) is 6.56. The van der Waals surface area contributed by atoms with Crippen molar-refractivity contribution in [2.45, 2.75) is 19.6 Å². The van der Waals surface area contributed by atoms with E-state index in [4.69, 9.17) is 18.6 Å². The van der Waals surface area contributed by atoms with Crippen LogP contribution >= 0.6 is 0 Å². The Balaban J connectivity index is 1.46. The molecule has 0 saturated carbocycles. The third kappa shape index (κ3) is 3.50. The first-order valence-electron chi connectivity index (χ1n) is 11.7. The van der Waals surface area contributed by atoms with Crippen molar-refractivity contribution in [2.24, 2.45) is 0 Å². The molecular weight excluding hydrogens is 474 g/mol. The van der Waals surface area contributed by atoms with Gasteiger partial charge in [-0.2, -0.15) is 0 Å². The molecule has 0 aliphatic heterocycles. The van der Waals surface area contributed by atoms with Gasteiger partial charge in [-0.05, 0) is 55.5 Å². The highest BCUT2D eigenvalue weighted by Gasteiger charge is 2.23. The van der Waals surface area contributed by atoms with Crippen molar-refractivity contribution in [1.82, 2.24) is 14.7 Å². The van der Waals surface area contributed by atoms with Gasteiger partial charge in [0.2, 0.25) is 0 Å². The van der Waals surface area contributed by atoms with Crippen molar-refractivity contribution in [2.75, 3.05) is 14.2 Å². The van der Waals surface area contributed by atoms with Gasteiger partial charge in [0.15, 0.2) is 17.6 Å². The Morgan fingerprint density at radius 1 is 1.08 bits per heavy atom. The Kier molecular flexibility index (Phi) is 5.33. The predicted octanol–water partition coefficient (Wildman–Crippen LogP) is 4.29. The summed E-state index contributed by atoms with van der Waals surface area (Å²) in [4.78, 5) is 31.0. The van der Waals surface area contributed by atoms with E-state index >= 15 is 0 Å².